The Morgan fingerprint density at radius 3 is 2.48 bits per heavy atom. The molecule has 21 heavy (non-hydrogen) atoms. The highest BCUT2D eigenvalue weighted by molar-refractivity contribution is 9.11. The molecule has 0 bridgehead atoms. The monoisotopic (exact) mass is 367 g/mol. The lowest BCUT2D eigenvalue weighted by molar-refractivity contribution is 0.181. The molecule has 2 aromatic rings. The Labute approximate surface area is 139 Å². The molecule has 0 saturated carbocycles. The first-order valence-electron chi connectivity index (χ1n) is 7.29. The third kappa shape index (κ3) is 4.09. The van der Waals surface area contributed by atoms with E-state index in [1.165, 1.54) is 5.56 Å². The smallest absolute Gasteiger partial charge is 0.148 e. The minimum atomic E-state index is -0.119. The van der Waals surface area contributed by atoms with Gasteiger partial charge in [-0.2, -0.15) is 0 Å². The standard InChI is InChI=1S/C17H22BrNOS/c1-4-11(2)13-7-5-6-8-14(13)20-17(12(3)19)15-9-10-16(18)21-15/h5-12,17H,4,19H2,1-3H3. The number of hydrogen-bond acceptors (Lipinski definition) is 3. The van der Waals surface area contributed by atoms with E-state index in [0.29, 0.717) is 5.92 Å². The molecular weight excluding hydrogens is 346 g/mol. The van der Waals surface area contributed by atoms with E-state index < -0.39 is 0 Å². The second-order valence-corrected chi connectivity index (χ2v) is 7.88. The van der Waals surface area contributed by atoms with Crippen LogP contribution in [0.25, 0.3) is 0 Å². The molecule has 1 heterocycles. The Hall–Kier alpha value is -0.840. The molecule has 4 heteroatoms. The summed E-state index contributed by atoms with van der Waals surface area (Å²) in [5.74, 6) is 1.42. The van der Waals surface area contributed by atoms with Crippen molar-refractivity contribution in [1.82, 2.24) is 0 Å². The van der Waals surface area contributed by atoms with Crippen LogP contribution in [0.15, 0.2) is 40.2 Å². The Kier molecular flexibility index (Phi) is 5.85. The highest BCUT2D eigenvalue weighted by atomic mass is 79.9. The van der Waals surface area contributed by atoms with Gasteiger partial charge in [-0.3, -0.25) is 0 Å². The number of halogens is 1. The minimum Gasteiger partial charge on any atom is -0.483 e. The van der Waals surface area contributed by atoms with Crippen LogP contribution in [-0.2, 0) is 0 Å². The van der Waals surface area contributed by atoms with E-state index >= 15 is 0 Å². The van der Waals surface area contributed by atoms with Gasteiger partial charge in [-0.05, 0) is 59.0 Å². The zero-order valence-corrected chi connectivity index (χ0v) is 15.1. The first kappa shape index (κ1) is 16.5. The predicted octanol–water partition coefficient (Wildman–Crippen LogP) is 5.49. The molecule has 0 amide bonds. The molecular formula is C17H22BrNOS. The number of nitrogens with two attached hydrogens (primary N) is 1. The molecule has 114 valence electrons. The molecule has 2 rings (SSSR count). The first-order valence-corrected chi connectivity index (χ1v) is 8.90. The quantitative estimate of drug-likeness (QED) is 0.732. The van der Waals surface area contributed by atoms with Crippen LogP contribution >= 0.6 is 27.3 Å². The molecule has 2 nitrogen and oxygen atoms in total. The second-order valence-electron chi connectivity index (χ2n) is 5.39. The Bertz CT molecular complexity index is 582. The van der Waals surface area contributed by atoms with Gasteiger partial charge in [0.15, 0.2) is 0 Å². The lowest BCUT2D eigenvalue weighted by Crippen LogP contribution is -2.28. The predicted molar refractivity (Wildman–Crippen MR) is 94.2 cm³/mol. The number of thiophene rings is 1. The molecule has 0 saturated heterocycles. The molecule has 0 aliphatic carbocycles. The molecule has 0 aliphatic rings. The van der Waals surface area contributed by atoms with E-state index in [-0.39, 0.29) is 12.1 Å². The van der Waals surface area contributed by atoms with E-state index in [4.69, 9.17) is 10.5 Å². The fraction of sp³-hybridized carbons (Fsp3) is 0.412. The van der Waals surface area contributed by atoms with E-state index in [9.17, 15) is 0 Å². The van der Waals surface area contributed by atoms with Crippen LogP contribution in [0.5, 0.6) is 5.75 Å². The topological polar surface area (TPSA) is 35.2 Å². The maximum atomic E-state index is 6.29. The van der Waals surface area contributed by atoms with Crippen molar-refractivity contribution in [3.8, 4) is 5.75 Å². The normalized spacial score (nSPS) is 15.5. The van der Waals surface area contributed by atoms with Crippen LogP contribution in [0, 0.1) is 0 Å². The van der Waals surface area contributed by atoms with E-state index in [1.54, 1.807) is 11.3 Å². The Morgan fingerprint density at radius 2 is 1.90 bits per heavy atom. The fourth-order valence-corrected chi connectivity index (χ4v) is 3.83. The van der Waals surface area contributed by atoms with Gasteiger partial charge in [-0.15, -0.1) is 11.3 Å². The number of rotatable bonds is 6. The average molecular weight is 368 g/mol. The van der Waals surface area contributed by atoms with Crippen LogP contribution in [0.3, 0.4) is 0 Å². The van der Waals surface area contributed by atoms with Crippen molar-refractivity contribution in [2.45, 2.75) is 45.3 Å². The van der Waals surface area contributed by atoms with Gasteiger partial charge >= 0.3 is 0 Å². The molecule has 3 atom stereocenters. The molecule has 1 aromatic carbocycles. The highest BCUT2D eigenvalue weighted by Gasteiger charge is 2.22. The Morgan fingerprint density at radius 1 is 1.19 bits per heavy atom. The maximum absolute atomic E-state index is 6.29. The summed E-state index contributed by atoms with van der Waals surface area (Å²) in [5.41, 5.74) is 7.40. The summed E-state index contributed by atoms with van der Waals surface area (Å²) in [6.07, 6.45) is 0.972. The number of para-hydroxylation sites is 1. The van der Waals surface area contributed by atoms with Crippen molar-refractivity contribution in [2.75, 3.05) is 0 Å². The molecule has 1 aromatic heterocycles. The second kappa shape index (κ2) is 7.43. The molecule has 0 fully saturated rings. The van der Waals surface area contributed by atoms with Gasteiger partial charge in [0.05, 0.1) is 3.79 Å². The van der Waals surface area contributed by atoms with E-state index in [2.05, 4.69) is 48.0 Å². The van der Waals surface area contributed by atoms with Gasteiger partial charge in [0.2, 0.25) is 0 Å². The van der Waals surface area contributed by atoms with Crippen LogP contribution in [0.4, 0.5) is 0 Å². The lowest BCUT2D eigenvalue weighted by atomic mass is 9.97. The Balaban J connectivity index is 2.30. The number of benzene rings is 1. The van der Waals surface area contributed by atoms with Gasteiger partial charge < -0.3 is 10.5 Å². The lowest BCUT2D eigenvalue weighted by Gasteiger charge is -2.24. The third-order valence-electron chi connectivity index (χ3n) is 3.67. The first-order chi connectivity index (χ1) is 10.0. The summed E-state index contributed by atoms with van der Waals surface area (Å²) in [5, 5.41) is 0. The zero-order valence-electron chi connectivity index (χ0n) is 12.7. The summed E-state index contributed by atoms with van der Waals surface area (Å²) in [7, 11) is 0. The summed E-state index contributed by atoms with van der Waals surface area (Å²) < 4.78 is 7.39. The molecule has 0 spiro atoms. The van der Waals surface area contributed by atoms with Gasteiger partial charge in [0.1, 0.15) is 11.9 Å². The summed E-state index contributed by atoms with van der Waals surface area (Å²) in [6, 6.07) is 12.3. The van der Waals surface area contributed by atoms with Crippen molar-refractivity contribution < 1.29 is 4.74 Å². The van der Waals surface area contributed by atoms with E-state index in [0.717, 1.165) is 20.8 Å². The van der Waals surface area contributed by atoms with Crippen LogP contribution in [0.2, 0.25) is 0 Å². The average Bonchev–Trinajstić information content (AvgIpc) is 2.90. The largest absolute Gasteiger partial charge is 0.483 e. The molecule has 0 aliphatic heterocycles. The molecule has 3 unspecified atom stereocenters. The number of hydrogen-bond donors (Lipinski definition) is 1. The maximum Gasteiger partial charge on any atom is 0.148 e. The summed E-state index contributed by atoms with van der Waals surface area (Å²) in [4.78, 5) is 1.15. The van der Waals surface area contributed by atoms with Crippen molar-refractivity contribution in [3.05, 3.63) is 50.6 Å². The van der Waals surface area contributed by atoms with Gasteiger partial charge in [-0.1, -0.05) is 32.0 Å². The fourth-order valence-electron chi connectivity index (χ4n) is 2.26. The van der Waals surface area contributed by atoms with Crippen LogP contribution < -0.4 is 10.5 Å². The number of ether oxygens (including phenoxy) is 1. The van der Waals surface area contributed by atoms with E-state index in [1.807, 2.05) is 25.1 Å². The van der Waals surface area contributed by atoms with Crippen molar-refractivity contribution in [1.29, 1.82) is 0 Å². The molecule has 2 N–H and O–H groups in total. The zero-order chi connectivity index (χ0) is 15.4. The summed E-state index contributed by atoms with van der Waals surface area (Å²) >= 11 is 5.18. The molecule has 0 radical (unpaired) electrons. The summed E-state index contributed by atoms with van der Waals surface area (Å²) in [6.45, 7) is 6.41. The van der Waals surface area contributed by atoms with Crippen molar-refractivity contribution in [2.24, 2.45) is 5.73 Å². The van der Waals surface area contributed by atoms with Gasteiger partial charge in [-0.25, -0.2) is 0 Å². The third-order valence-corrected chi connectivity index (χ3v) is 5.35. The van der Waals surface area contributed by atoms with Gasteiger partial charge in [0.25, 0.3) is 0 Å². The van der Waals surface area contributed by atoms with Gasteiger partial charge in [0, 0.05) is 10.9 Å². The van der Waals surface area contributed by atoms with Crippen LogP contribution in [0.1, 0.15) is 49.7 Å². The SMILES string of the molecule is CCC(C)c1ccccc1OC(c1ccc(Br)s1)C(C)N. The van der Waals surface area contributed by atoms with Crippen molar-refractivity contribution >= 4 is 27.3 Å². The highest BCUT2D eigenvalue weighted by Crippen LogP contribution is 2.35. The van der Waals surface area contributed by atoms with Crippen LogP contribution in [-0.4, -0.2) is 6.04 Å². The minimum absolute atomic E-state index is 0.0689. The van der Waals surface area contributed by atoms with Crippen molar-refractivity contribution in [3.63, 3.8) is 0 Å².